The molecule has 2 fully saturated rings. The average Bonchev–Trinajstić information content (AvgIpc) is 2.50. The molecule has 2 unspecified atom stereocenters. The maximum Gasteiger partial charge on any atom is 0.0220 e. The Labute approximate surface area is 94.4 Å². The monoisotopic (exact) mass is 210 g/mol. The molecular weight excluding hydrogens is 184 g/mol. The van der Waals surface area contributed by atoms with E-state index in [1.807, 2.05) is 0 Å². The van der Waals surface area contributed by atoms with Crippen molar-refractivity contribution in [2.45, 2.75) is 51.5 Å². The third-order valence-corrected chi connectivity index (χ3v) is 4.08. The van der Waals surface area contributed by atoms with Crippen LogP contribution in [0.25, 0.3) is 0 Å². The second-order valence-electron chi connectivity index (χ2n) is 5.39. The third kappa shape index (κ3) is 3.46. The van der Waals surface area contributed by atoms with Crippen molar-refractivity contribution in [3.8, 4) is 0 Å². The summed E-state index contributed by atoms with van der Waals surface area (Å²) in [5.74, 6) is 0.877. The predicted molar refractivity (Wildman–Crippen MR) is 65.1 cm³/mol. The summed E-state index contributed by atoms with van der Waals surface area (Å²) < 4.78 is 0. The van der Waals surface area contributed by atoms with Crippen LogP contribution in [0.1, 0.15) is 45.4 Å². The zero-order chi connectivity index (χ0) is 10.5. The molecule has 2 aliphatic rings. The van der Waals surface area contributed by atoms with E-state index >= 15 is 0 Å². The first-order valence-electron chi connectivity index (χ1n) is 6.82. The van der Waals surface area contributed by atoms with Gasteiger partial charge < -0.3 is 10.2 Å². The summed E-state index contributed by atoms with van der Waals surface area (Å²) in [5, 5.41) is 3.69. The Morgan fingerprint density at radius 3 is 2.47 bits per heavy atom. The second kappa shape index (κ2) is 5.86. The van der Waals surface area contributed by atoms with Crippen molar-refractivity contribution in [1.29, 1.82) is 0 Å². The van der Waals surface area contributed by atoms with Gasteiger partial charge in [0.15, 0.2) is 0 Å². The van der Waals surface area contributed by atoms with Gasteiger partial charge in [-0.25, -0.2) is 0 Å². The quantitative estimate of drug-likeness (QED) is 0.752. The van der Waals surface area contributed by atoms with Crippen LogP contribution in [0.5, 0.6) is 0 Å². The van der Waals surface area contributed by atoms with Crippen LogP contribution in [0.15, 0.2) is 0 Å². The molecule has 0 radical (unpaired) electrons. The van der Waals surface area contributed by atoms with Gasteiger partial charge in [0.25, 0.3) is 0 Å². The maximum atomic E-state index is 3.69. The largest absolute Gasteiger partial charge is 0.312 e. The van der Waals surface area contributed by atoms with Crippen LogP contribution in [0, 0.1) is 5.92 Å². The second-order valence-corrected chi connectivity index (χ2v) is 5.39. The number of nitrogens with one attached hydrogen (secondary N) is 1. The van der Waals surface area contributed by atoms with E-state index in [1.165, 1.54) is 64.7 Å². The Kier molecular flexibility index (Phi) is 4.45. The number of rotatable bonds is 2. The molecule has 2 aliphatic heterocycles. The molecule has 2 heterocycles. The summed E-state index contributed by atoms with van der Waals surface area (Å²) in [6.45, 7) is 7.62. The number of likely N-dealkylation sites (tertiary alicyclic amines) is 1. The molecule has 0 aliphatic carbocycles. The zero-order valence-corrected chi connectivity index (χ0v) is 10.2. The van der Waals surface area contributed by atoms with Crippen molar-refractivity contribution in [3.05, 3.63) is 0 Å². The molecule has 2 nitrogen and oxygen atoms in total. The molecular formula is C13H26N2. The lowest BCUT2D eigenvalue weighted by molar-refractivity contribution is 0.195. The molecule has 0 aromatic carbocycles. The topological polar surface area (TPSA) is 15.3 Å². The zero-order valence-electron chi connectivity index (χ0n) is 10.2. The first kappa shape index (κ1) is 11.4. The highest BCUT2D eigenvalue weighted by atomic mass is 15.2. The molecule has 0 bridgehead atoms. The van der Waals surface area contributed by atoms with Gasteiger partial charge in [-0.1, -0.05) is 19.8 Å². The molecule has 1 N–H and O–H groups in total. The van der Waals surface area contributed by atoms with Crippen LogP contribution >= 0.6 is 0 Å². The van der Waals surface area contributed by atoms with Crippen molar-refractivity contribution < 1.29 is 0 Å². The molecule has 2 rings (SSSR count). The summed E-state index contributed by atoms with van der Waals surface area (Å²) in [6, 6.07) is 0.761. The fourth-order valence-electron chi connectivity index (χ4n) is 2.96. The van der Waals surface area contributed by atoms with Gasteiger partial charge in [0.1, 0.15) is 0 Å². The molecule has 0 spiro atoms. The Morgan fingerprint density at radius 1 is 1.07 bits per heavy atom. The van der Waals surface area contributed by atoms with E-state index in [2.05, 4.69) is 17.1 Å². The average molecular weight is 210 g/mol. The van der Waals surface area contributed by atoms with E-state index in [0.717, 1.165) is 12.0 Å². The van der Waals surface area contributed by atoms with Crippen LogP contribution in [0.3, 0.4) is 0 Å². The van der Waals surface area contributed by atoms with Gasteiger partial charge in [0, 0.05) is 12.6 Å². The first-order valence-corrected chi connectivity index (χ1v) is 6.82. The fraction of sp³-hybridized carbons (Fsp3) is 1.00. The van der Waals surface area contributed by atoms with Gasteiger partial charge in [-0.05, 0) is 51.2 Å². The summed E-state index contributed by atoms with van der Waals surface area (Å²) in [5.41, 5.74) is 0. The number of hydrogen-bond donors (Lipinski definition) is 1. The van der Waals surface area contributed by atoms with Gasteiger partial charge in [-0.2, -0.15) is 0 Å². The highest BCUT2D eigenvalue weighted by molar-refractivity contribution is 4.81. The minimum atomic E-state index is 0.761. The van der Waals surface area contributed by atoms with E-state index in [4.69, 9.17) is 0 Å². The minimum Gasteiger partial charge on any atom is -0.312 e. The van der Waals surface area contributed by atoms with Crippen molar-refractivity contribution in [2.24, 2.45) is 5.92 Å². The fourth-order valence-corrected chi connectivity index (χ4v) is 2.96. The Morgan fingerprint density at radius 2 is 1.80 bits per heavy atom. The van der Waals surface area contributed by atoms with Gasteiger partial charge in [0.2, 0.25) is 0 Å². The Hall–Kier alpha value is -0.0800. The molecule has 2 atom stereocenters. The maximum absolute atomic E-state index is 3.69. The van der Waals surface area contributed by atoms with Gasteiger partial charge in [0.05, 0.1) is 0 Å². The standard InChI is InChI=1S/C13H26N2/c1-12-7-6-8-14-13(12)11-15-9-4-2-3-5-10-15/h12-14H,2-11H2,1H3. The van der Waals surface area contributed by atoms with Crippen molar-refractivity contribution in [3.63, 3.8) is 0 Å². The third-order valence-electron chi connectivity index (χ3n) is 4.08. The lowest BCUT2D eigenvalue weighted by Gasteiger charge is -2.34. The molecule has 88 valence electrons. The molecule has 15 heavy (non-hydrogen) atoms. The summed E-state index contributed by atoms with van der Waals surface area (Å²) in [7, 11) is 0. The van der Waals surface area contributed by atoms with Crippen LogP contribution in [0.2, 0.25) is 0 Å². The Bertz CT molecular complexity index is 173. The van der Waals surface area contributed by atoms with Crippen molar-refractivity contribution >= 4 is 0 Å². The lowest BCUT2D eigenvalue weighted by Crippen LogP contribution is -2.48. The van der Waals surface area contributed by atoms with Crippen LogP contribution in [0.4, 0.5) is 0 Å². The van der Waals surface area contributed by atoms with E-state index in [9.17, 15) is 0 Å². The number of piperidine rings is 1. The normalized spacial score (nSPS) is 35.0. The minimum absolute atomic E-state index is 0.761. The SMILES string of the molecule is CC1CCCNC1CN1CCCCCC1. The Balaban J connectivity index is 1.78. The van der Waals surface area contributed by atoms with Crippen LogP contribution < -0.4 is 5.32 Å². The van der Waals surface area contributed by atoms with Gasteiger partial charge in [-0.3, -0.25) is 0 Å². The van der Waals surface area contributed by atoms with Gasteiger partial charge >= 0.3 is 0 Å². The number of nitrogens with zero attached hydrogens (tertiary/aromatic N) is 1. The lowest BCUT2D eigenvalue weighted by atomic mass is 9.92. The highest BCUT2D eigenvalue weighted by Crippen LogP contribution is 2.18. The van der Waals surface area contributed by atoms with Crippen molar-refractivity contribution in [2.75, 3.05) is 26.2 Å². The highest BCUT2D eigenvalue weighted by Gasteiger charge is 2.23. The first-order chi connectivity index (χ1) is 7.36. The molecule has 0 aromatic rings. The summed E-state index contributed by atoms with van der Waals surface area (Å²) in [4.78, 5) is 2.69. The van der Waals surface area contributed by atoms with E-state index in [1.54, 1.807) is 0 Å². The summed E-state index contributed by atoms with van der Waals surface area (Å²) in [6.07, 6.45) is 8.53. The smallest absolute Gasteiger partial charge is 0.0220 e. The number of hydrogen-bond acceptors (Lipinski definition) is 2. The van der Waals surface area contributed by atoms with E-state index in [0.29, 0.717) is 0 Å². The van der Waals surface area contributed by atoms with Gasteiger partial charge in [-0.15, -0.1) is 0 Å². The van der Waals surface area contributed by atoms with E-state index in [-0.39, 0.29) is 0 Å². The molecule has 2 saturated heterocycles. The molecule has 2 heteroatoms. The molecule has 0 amide bonds. The predicted octanol–water partition coefficient (Wildman–Crippen LogP) is 2.25. The molecule has 0 saturated carbocycles. The van der Waals surface area contributed by atoms with Crippen LogP contribution in [-0.4, -0.2) is 37.1 Å². The van der Waals surface area contributed by atoms with Crippen molar-refractivity contribution in [1.82, 2.24) is 10.2 Å². The van der Waals surface area contributed by atoms with E-state index < -0.39 is 0 Å². The summed E-state index contributed by atoms with van der Waals surface area (Å²) >= 11 is 0. The molecule has 0 aromatic heterocycles. The van der Waals surface area contributed by atoms with Crippen LogP contribution in [-0.2, 0) is 0 Å².